The minimum Gasteiger partial charge on any atom is -0.496 e. The van der Waals surface area contributed by atoms with Gasteiger partial charge in [0.25, 0.3) is 5.91 Å². The maximum Gasteiger partial charge on any atom is 0.342 e. The Hall–Kier alpha value is -2.26. The average molecular weight is 503 g/mol. The van der Waals surface area contributed by atoms with Crippen LogP contribution in [0.4, 0.5) is 5.69 Å². The Labute approximate surface area is 173 Å². The van der Waals surface area contributed by atoms with E-state index in [-0.39, 0.29) is 11.3 Å². The van der Waals surface area contributed by atoms with Gasteiger partial charge in [0.1, 0.15) is 11.3 Å². The van der Waals surface area contributed by atoms with Gasteiger partial charge in [-0.15, -0.1) is 0 Å². The van der Waals surface area contributed by atoms with Gasteiger partial charge >= 0.3 is 5.97 Å². The summed E-state index contributed by atoms with van der Waals surface area (Å²) in [6.45, 7) is -0.459. The number of ether oxygens (including phenoxy) is 4. The van der Waals surface area contributed by atoms with E-state index in [2.05, 4.69) is 37.2 Å². The van der Waals surface area contributed by atoms with Crippen LogP contribution in [-0.4, -0.2) is 39.8 Å². The van der Waals surface area contributed by atoms with Crippen LogP contribution in [0.25, 0.3) is 0 Å². The Morgan fingerprint density at radius 1 is 0.926 bits per heavy atom. The van der Waals surface area contributed by atoms with Crippen LogP contribution in [-0.2, 0) is 9.53 Å². The number of hydrogen-bond acceptors (Lipinski definition) is 6. The number of hydrogen-bond donors (Lipinski definition) is 1. The van der Waals surface area contributed by atoms with Crippen molar-refractivity contribution in [2.45, 2.75) is 0 Å². The van der Waals surface area contributed by atoms with Gasteiger partial charge in [0.15, 0.2) is 18.1 Å². The first-order valence-electron chi connectivity index (χ1n) is 7.61. The molecule has 0 bridgehead atoms. The third-order valence-corrected chi connectivity index (χ3v) is 4.61. The van der Waals surface area contributed by atoms with Crippen LogP contribution in [0.2, 0.25) is 0 Å². The van der Waals surface area contributed by atoms with Crippen molar-refractivity contribution in [3.05, 3.63) is 44.8 Å². The molecule has 0 fully saturated rings. The molecule has 0 radical (unpaired) electrons. The monoisotopic (exact) mass is 501 g/mol. The molecule has 0 saturated carbocycles. The van der Waals surface area contributed by atoms with Crippen molar-refractivity contribution in [3.63, 3.8) is 0 Å². The minimum atomic E-state index is -0.724. The quantitative estimate of drug-likeness (QED) is 0.575. The van der Waals surface area contributed by atoms with Gasteiger partial charge in [-0.25, -0.2) is 4.79 Å². The molecule has 0 heterocycles. The Bertz CT molecular complexity index is 856. The lowest BCUT2D eigenvalue weighted by molar-refractivity contribution is -0.119. The predicted molar refractivity (Wildman–Crippen MR) is 107 cm³/mol. The van der Waals surface area contributed by atoms with Crippen molar-refractivity contribution >= 4 is 49.4 Å². The van der Waals surface area contributed by atoms with E-state index >= 15 is 0 Å². The van der Waals surface area contributed by atoms with E-state index < -0.39 is 18.5 Å². The first kappa shape index (κ1) is 21.0. The second kappa shape index (κ2) is 9.61. The van der Waals surface area contributed by atoms with Crippen molar-refractivity contribution in [1.82, 2.24) is 0 Å². The van der Waals surface area contributed by atoms with Crippen LogP contribution in [0, 0.1) is 0 Å². The number of anilines is 1. The topological polar surface area (TPSA) is 83.1 Å². The first-order valence-corrected chi connectivity index (χ1v) is 9.20. The Morgan fingerprint density at radius 2 is 1.56 bits per heavy atom. The molecule has 0 aromatic heterocycles. The van der Waals surface area contributed by atoms with Crippen molar-refractivity contribution < 1.29 is 28.5 Å². The number of nitrogens with one attached hydrogen (secondary N) is 1. The number of amides is 1. The summed E-state index contributed by atoms with van der Waals surface area (Å²) in [6, 6.07) is 8.22. The molecule has 0 unspecified atom stereocenters. The van der Waals surface area contributed by atoms with Crippen LogP contribution in [0.5, 0.6) is 17.2 Å². The Balaban J connectivity index is 2.07. The molecular weight excluding hydrogens is 486 g/mol. The molecule has 0 aliphatic rings. The molecule has 1 amide bonds. The van der Waals surface area contributed by atoms with E-state index in [1.807, 2.05) is 0 Å². The number of halogens is 2. The third kappa shape index (κ3) is 5.36. The zero-order valence-electron chi connectivity index (χ0n) is 14.8. The van der Waals surface area contributed by atoms with Gasteiger partial charge in [-0.05, 0) is 34.1 Å². The fourth-order valence-corrected chi connectivity index (χ4v) is 3.32. The number of esters is 1. The van der Waals surface area contributed by atoms with Gasteiger partial charge in [-0.3, -0.25) is 4.79 Å². The molecule has 0 atom stereocenters. The normalized spacial score (nSPS) is 10.1. The number of carbonyl (C=O) groups is 2. The number of benzene rings is 2. The molecule has 1 N–H and O–H groups in total. The van der Waals surface area contributed by atoms with Crippen LogP contribution >= 0.6 is 31.9 Å². The van der Waals surface area contributed by atoms with E-state index in [0.29, 0.717) is 21.7 Å². The van der Waals surface area contributed by atoms with E-state index in [4.69, 9.17) is 18.9 Å². The molecule has 9 heteroatoms. The zero-order valence-corrected chi connectivity index (χ0v) is 18.0. The van der Waals surface area contributed by atoms with E-state index in [0.717, 1.165) is 4.47 Å². The van der Waals surface area contributed by atoms with Crippen LogP contribution in [0.15, 0.2) is 39.3 Å². The zero-order chi connectivity index (χ0) is 20.0. The lowest BCUT2D eigenvalue weighted by Crippen LogP contribution is -2.21. The lowest BCUT2D eigenvalue weighted by Gasteiger charge is -2.13. The minimum absolute atomic E-state index is 0.118. The number of rotatable bonds is 7. The summed E-state index contributed by atoms with van der Waals surface area (Å²) in [4.78, 5) is 24.4. The highest BCUT2D eigenvalue weighted by molar-refractivity contribution is 9.11. The molecule has 27 heavy (non-hydrogen) atoms. The van der Waals surface area contributed by atoms with E-state index in [1.54, 1.807) is 18.2 Å². The van der Waals surface area contributed by atoms with Gasteiger partial charge in [0, 0.05) is 21.1 Å². The molecule has 0 aliphatic carbocycles. The fraction of sp³-hybridized carbons (Fsp3) is 0.222. The summed E-state index contributed by atoms with van der Waals surface area (Å²) in [7, 11) is 4.33. The van der Waals surface area contributed by atoms with Crippen molar-refractivity contribution in [3.8, 4) is 17.2 Å². The summed E-state index contributed by atoms with van der Waals surface area (Å²) in [5.41, 5.74) is 0.677. The first-order chi connectivity index (χ1) is 12.9. The van der Waals surface area contributed by atoms with Gasteiger partial charge in [0.2, 0.25) is 0 Å². The fourth-order valence-electron chi connectivity index (χ4n) is 2.17. The SMILES string of the molecule is COc1cc(OC)c(C(=O)OCC(=O)Nc2ccc(Br)cc2Br)cc1OC. The molecule has 0 aliphatic heterocycles. The van der Waals surface area contributed by atoms with E-state index in [9.17, 15) is 9.59 Å². The predicted octanol–water partition coefficient (Wildman–Crippen LogP) is 4.03. The molecular formula is C18H17Br2NO6. The summed E-state index contributed by atoms with van der Waals surface area (Å²) < 4.78 is 22.2. The highest BCUT2D eigenvalue weighted by Crippen LogP contribution is 2.35. The van der Waals surface area contributed by atoms with Crippen molar-refractivity contribution in [2.75, 3.05) is 33.3 Å². The molecule has 0 saturated heterocycles. The molecule has 144 valence electrons. The Morgan fingerprint density at radius 3 is 2.15 bits per heavy atom. The summed E-state index contributed by atoms with van der Waals surface area (Å²) in [6.07, 6.45) is 0. The second-order valence-corrected chi connectivity index (χ2v) is 6.93. The standard InChI is InChI=1S/C18H17Br2NO6/c1-24-14-8-16(26-3)15(25-2)7-11(14)18(23)27-9-17(22)21-13-5-4-10(19)6-12(13)20/h4-8H,9H2,1-3H3,(H,21,22). The Kier molecular flexibility index (Phi) is 7.49. The van der Waals surface area contributed by atoms with Crippen LogP contribution in [0.1, 0.15) is 10.4 Å². The molecule has 2 aromatic carbocycles. The lowest BCUT2D eigenvalue weighted by atomic mass is 10.1. The van der Waals surface area contributed by atoms with E-state index in [1.165, 1.54) is 33.5 Å². The van der Waals surface area contributed by atoms with Crippen LogP contribution in [0.3, 0.4) is 0 Å². The smallest absolute Gasteiger partial charge is 0.342 e. The van der Waals surface area contributed by atoms with Gasteiger partial charge in [-0.1, -0.05) is 15.9 Å². The summed E-state index contributed by atoms with van der Waals surface area (Å²) in [5.74, 6) is -0.213. The second-order valence-electron chi connectivity index (χ2n) is 5.16. The van der Waals surface area contributed by atoms with Crippen molar-refractivity contribution in [1.29, 1.82) is 0 Å². The maximum atomic E-state index is 12.4. The molecule has 7 nitrogen and oxygen atoms in total. The molecule has 0 spiro atoms. The van der Waals surface area contributed by atoms with Gasteiger partial charge in [-0.2, -0.15) is 0 Å². The highest BCUT2D eigenvalue weighted by Gasteiger charge is 2.20. The van der Waals surface area contributed by atoms with Crippen molar-refractivity contribution in [2.24, 2.45) is 0 Å². The molecule has 2 aromatic rings. The number of carbonyl (C=O) groups excluding carboxylic acids is 2. The highest BCUT2D eigenvalue weighted by atomic mass is 79.9. The largest absolute Gasteiger partial charge is 0.496 e. The van der Waals surface area contributed by atoms with Gasteiger partial charge in [0.05, 0.1) is 27.0 Å². The average Bonchev–Trinajstić information content (AvgIpc) is 2.67. The third-order valence-electron chi connectivity index (χ3n) is 3.47. The maximum absolute atomic E-state index is 12.4. The summed E-state index contributed by atoms with van der Waals surface area (Å²) in [5, 5.41) is 2.65. The van der Waals surface area contributed by atoms with Crippen LogP contribution < -0.4 is 19.5 Å². The molecule has 2 rings (SSSR count). The van der Waals surface area contributed by atoms with Gasteiger partial charge < -0.3 is 24.3 Å². The number of methoxy groups -OCH3 is 3. The summed E-state index contributed by atoms with van der Waals surface area (Å²) >= 11 is 6.68.